The van der Waals surface area contributed by atoms with Crippen LogP contribution in [-0.4, -0.2) is 28.6 Å². The summed E-state index contributed by atoms with van der Waals surface area (Å²) in [5.41, 5.74) is 5.73. The third kappa shape index (κ3) is 4.43. The van der Waals surface area contributed by atoms with Crippen molar-refractivity contribution in [2.75, 3.05) is 6.54 Å². The number of rotatable bonds is 7. The lowest BCUT2D eigenvalue weighted by Crippen LogP contribution is -2.39. The van der Waals surface area contributed by atoms with Crippen LogP contribution >= 0.6 is 12.4 Å². The molecule has 7 heteroatoms. The second kappa shape index (κ2) is 7.92. The Morgan fingerprint density at radius 2 is 2.14 bits per heavy atom. The van der Waals surface area contributed by atoms with Gasteiger partial charge in [-0.05, 0) is 44.6 Å². The summed E-state index contributed by atoms with van der Waals surface area (Å²) in [5, 5.41) is 7.09. The Morgan fingerprint density at radius 1 is 1.32 bits per heavy atom. The maximum atomic E-state index is 12.0. The molecule has 0 aromatic carbocycles. The molecule has 2 saturated carbocycles. The van der Waals surface area contributed by atoms with Crippen molar-refractivity contribution >= 4 is 18.3 Å². The van der Waals surface area contributed by atoms with Gasteiger partial charge in [0.15, 0.2) is 5.82 Å². The summed E-state index contributed by atoms with van der Waals surface area (Å²) in [6.45, 7) is 0.664. The molecule has 2 aliphatic rings. The van der Waals surface area contributed by atoms with Gasteiger partial charge in [0.1, 0.15) is 0 Å². The Bertz CT molecular complexity index is 490. The van der Waals surface area contributed by atoms with Crippen molar-refractivity contribution in [3.8, 4) is 0 Å². The average Bonchev–Trinajstić information content (AvgIpc) is 3.05. The highest BCUT2D eigenvalue weighted by atomic mass is 35.5. The molecule has 3 rings (SSSR count). The number of nitrogens with two attached hydrogens (primary N) is 1. The van der Waals surface area contributed by atoms with Gasteiger partial charge >= 0.3 is 0 Å². The van der Waals surface area contributed by atoms with E-state index in [1.54, 1.807) is 0 Å². The van der Waals surface area contributed by atoms with Crippen molar-refractivity contribution in [1.29, 1.82) is 0 Å². The Balaban J connectivity index is 0.00000176. The fourth-order valence-corrected chi connectivity index (χ4v) is 3.07. The van der Waals surface area contributed by atoms with Gasteiger partial charge in [-0.1, -0.05) is 11.6 Å². The van der Waals surface area contributed by atoms with E-state index in [4.69, 9.17) is 10.3 Å². The molecule has 1 heterocycles. The van der Waals surface area contributed by atoms with Crippen molar-refractivity contribution in [2.45, 2.75) is 63.3 Å². The fraction of sp³-hybridized carbons (Fsp3) is 0.800. The molecular formula is C15H25ClN4O2. The topological polar surface area (TPSA) is 94.0 Å². The van der Waals surface area contributed by atoms with Gasteiger partial charge in [-0.3, -0.25) is 4.79 Å². The smallest absolute Gasteiger partial charge is 0.226 e. The molecule has 2 atom stereocenters. The zero-order chi connectivity index (χ0) is 14.7. The number of nitrogens with zero attached hydrogens (tertiary/aromatic N) is 2. The molecule has 22 heavy (non-hydrogen) atoms. The summed E-state index contributed by atoms with van der Waals surface area (Å²) in [5.74, 6) is 2.58. The van der Waals surface area contributed by atoms with Crippen molar-refractivity contribution in [2.24, 2.45) is 11.7 Å². The molecule has 1 aromatic rings. The van der Waals surface area contributed by atoms with Crippen molar-refractivity contribution in [3.05, 3.63) is 11.7 Å². The van der Waals surface area contributed by atoms with E-state index in [1.807, 2.05) is 0 Å². The molecule has 124 valence electrons. The van der Waals surface area contributed by atoms with Crippen LogP contribution in [0.1, 0.15) is 62.6 Å². The van der Waals surface area contributed by atoms with Gasteiger partial charge in [0.05, 0.1) is 0 Å². The molecule has 2 fully saturated rings. The number of aromatic nitrogens is 2. The molecule has 1 amide bonds. The first kappa shape index (κ1) is 17.2. The number of halogens is 1. The molecule has 0 aliphatic heterocycles. The van der Waals surface area contributed by atoms with Crippen LogP contribution in [0.25, 0.3) is 0 Å². The lowest BCUT2D eigenvalue weighted by Gasteiger charge is -2.19. The highest BCUT2D eigenvalue weighted by Gasteiger charge is 2.29. The van der Waals surface area contributed by atoms with E-state index in [0.717, 1.165) is 25.1 Å². The number of carbonyl (C=O) groups is 1. The number of amides is 1. The quantitative estimate of drug-likeness (QED) is 0.797. The molecule has 2 unspecified atom stereocenters. The van der Waals surface area contributed by atoms with Crippen LogP contribution in [0.15, 0.2) is 4.52 Å². The van der Waals surface area contributed by atoms with Crippen LogP contribution in [0.4, 0.5) is 0 Å². The van der Waals surface area contributed by atoms with E-state index in [0.29, 0.717) is 37.1 Å². The maximum Gasteiger partial charge on any atom is 0.226 e. The van der Waals surface area contributed by atoms with E-state index in [-0.39, 0.29) is 24.4 Å². The third-order valence-electron chi connectivity index (χ3n) is 4.53. The molecule has 0 bridgehead atoms. The molecule has 6 nitrogen and oxygen atoms in total. The standard InChI is InChI=1S/C15H24N4O2.ClH/c16-9-11-3-1-4-12(11)17-13(20)5-2-6-14-18-15(19-21-14)10-7-8-10;/h10-12H,1-9,16H2,(H,17,20);1H. The second-order valence-electron chi connectivity index (χ2n) is 6.27. The first-order valence-corrected chi connectivity index (χ1v) is 8.08. The van der Waals surface area contributed by atoms with E-state index >= 15 is 0 Å². The second-order valence-corrected chi connectivity index (χ2v) is 6.27. The van der Waals surface area contributed by atoms with Crippen LogP contribution < -0.4 is 11.1 Å². The zero-order valence-electron chi connectivity index (χ0n) is 12.8. The van der Waals surface area contributed by atoms with Crippen LogP contribution in [0, 0.1) is 5.92 Å². The largest absolute Gasteiger partial charge is 0.353 e. The highest BCUT2D eigenvalue weighted by molar-refractivity contribution is 5.85. The molecule has 1 aromatic heterocycles. The maximum absolute atomic E-state index is 12.0. The van der Waals surface area contributed by atoms with Crippen molar-refractivity contribution in [1.82, 2.24) is 15.5 Å². The van der Waals surface area contributed by atoms with Gasteiger partial charge in [0.25, 0.3) is 0 Å². The van der Waals surface area contributed by atoms with Crippen molar-refractivity contribution < 1.29 is 9.32 Å². The Morgan fingerprint density at radius 3 is 2.86 bits per heavy atom. The van der Waals surface area contributed by atoms with Gasteiger partial charge in [-0.2, -0.15) is 4.98 Å². The lowest BCUT2D eigenvalue weighted by molar-refractivity contribution is -0.122. The number of aryl methyl sites for hydroxylation is 1. The average molecular weight is 329 g/mol. The summed E-state index contributed by atoms with van der Waals surface area (Å²) in [6, 6.07) is 0.271. The van der Waals surface area contributed by atoms with E-state index < -0.39 is 0 Å². The summed E-state index contributed by atoms with van der Waals surface area (Å²) in [7, 11) is 0. The predicted octanol–water partition coefficient (Wildman–Crippen LogP) is 1.94. The number of carbonyl (C=O) groups excluding carboxylic acids is 1. The number of hydrogen-bond donors (Lipinski definition) is 2. The summed E-state index contributed by atoms with van der Waals surface area (Å²) < 4.78 is 5.21. The van der Waals surface area contributed by atoms with Crippen molar-refractivity contribution in [3.63, 3.8) is 0 Å². The minimum atomic E-state index is 0. The normalized spacial score (nSPS) is 24.0. The van der Waals surface area contributed by atoms with Gasteiger partial charge in [0.2, 0.25) is 11.8 Å². The lowest BCUT2D eigenvalue weighted by atomic mass is 10.0. The summed E-state index contributed by atoms with van der Waals surface area (Å²) in [4.78, 5) is 16.3. The van der Waals surface area contributed by atoms with Gasteiger partial charge < -0.3 is 15.6 Å². The van der Waals surface area contributed by atoms with Gasteiger partial charge in [0, 0.05) is 24.8 Å². The minimum absolute atomic E-state index is 0. The Kier molecular flexibility index (Phi) is 6.20. The summed E-state index contributed by atoms with van der Waals surface area (Å²) in [6.07, 6.45) is 7.63. The zero-order valence-corrected chi connectivity index (χ0v) is 13.6. The van der Waals surface area contributed by atoms with Crippen LogP contribution in [0.5, 0.6) is 0 Å². The van der Waals surface area contributed by atoms with Crippen LogP contribution in [-0.2, 0) is 11.2 Å². The molecule has 2 aliphatic carbocycles. The third-order valence-corrected chi connectivity index (χ3v) is 4.53. The monoisotopic (exact) mass is 328 g/mol. The molecule has 0 radical (unpaired) electrons. The van der Waals surface area contributed by atoms with E-state index in [2.05, 4.69) is 15.5 Å². The first-order chi connectivity index (χ1) is 10.3. The minimum Gasteiger partial charge on any atom is -0.353 e. The molecular weight excluding hydrogens is 304 g/mol. The predicted molar refractivity (Wildman–Crippen MR) is 84.8 cm³/mol. The molecule has 3 N–H and O–H groups in total. The van der Waals surface area contributed by atoms with Gasteiger partial charge in [-0.25, -0.2) is 0 Å². The molecule has 0 saturated heterocycles. The van der Waals surface area contributed by atoms with E-state index in [9.17, 15) is 4.79 Å². The number of nitrogens with one attached hydrogen (secondary N) is 1. The van der Waals surface area contributed by atoms with Crippen LogP contribution in [0.2, 0.25) is 0 Å². The fourth-order valence-electron chi connectivity index (χ4n) is 3.07. The first-order valence-electron chi connectivity index (χ1n) is 8.08. The SMILES string of the molecule is Cl.NCC1CCCC1NC(=O)CCCc1nc(C2CC2)no1. The summed E-state index contributed by atoms with van der Waals surface area (Å²) >= 11 is 0. The van der Waals surface area contributed by atoms with Crippen LogP contribution in [0.3, 0.4) is 0 Å². The van der Waals surface area contributed by atoms with E-state index in [1.165, 1.54) is 19.3 Å². The Hall–Kier alpha value is -1.14. The highest BCUT2D eigenvalue weighted by Crippen LogP contribution is 2.38. The Labute approximate surface area is 137 Å². The number of hydrogen-bond acceptors (Lipinski definition) is 5. The van der Waals surface area contributed by atoms with Gasteiger partial charge in [-0.15, -0.1) is 12.4 Å². The molecule has 0 spiro atoms.